The monoisotopic (exact) mass is 259 g/mol. The minimum Gasteiger partial charge on any atom is -0.394 e. The van der Waals surface area contributed by atoms with Gasteiger partial charge >= 0.3 is 0 Å². The van der Waals surface area contributed by atoms with Crippen molar-refractivity contribution in [2.75, 3.05) is 13.2 Å². The fraction of sp³-hybridized carbons (Fsp3) is 0.538. The van der Waals surface area contributed by atoms with Crippen LogP contribution in [0.2, 0.25) is 0 Å². The Morgan fingerprint density at radius 3 is 2.28 bits per heavy atom. The lowest BCUT2D eigenvalue weighted by molar-refractivity contribution is 0.0792. The lowest BCUT2D eigenvalue weighted by Crippen LogP contribution is -2.52. The van der Waals surface area contributed by atoms with Crippen molar-refractivity contribution in [2.45, 2.75) is 31.8 Å². The van der Waals surface area contributed by atoms with Crippen LogP contribution in [-0.4, -0.2) is 29.0 Å². The summed E-state index contributed by atoms with van der Waals surface area (Å²) >= 11 is 0. The van der Waals surface area contributed by atoms with Crippen LogP contribution in [0, 0.1) is 11.6 Å². The molecule has 0 aliphatic rings. The fourth-order valence-electron chi connectivity index (χ4n) is 1.79. The van der Waals surface area contributed by atoms with E-state index in [2.05, 4.69) is 5.32 Å². The van der Waals surface area contributed by atoms with Gasteiger partial charge in [-0.25, -0.2) is 8.78 Å². The van der Waals surface area contributed by atoms with Crippen LogP contribution in [0.5, 0.6) is 0 Å². The van der Waals surface area contributed by atoms with Crippen molar-refractivity contribution >= 4 is 0 Å². The molecule has 0 saturated heterocycles. The molecule has 102 valence electrons. The number of nitrogens with one attached hydrogen (secondary N) is 1. The summed E-state index contributed by atoms with van der Waals surface area (Å²) in [6, 6.07) is 3.35. The van der Waals surface area contributed by atoms with Crippen LogP contribution in [0.1, 0.15) is 31.9 Å². The topological polar surface area (TPSA) is 52.5 Å². The standard InChI is InChI=1S/C13H19F2NO2/c1-3-13(7-17,8-18)16-9(2)10-4-5-11(14)12(15)6-10/h4-6,9,16-18H,3,7-8H2,1-2H3. The zero-order valence-electron chi connectivity index (χ0n) is 10.6. The summed E-state index contributed by atoms with van der Waals surface area (Å²) < 4.78 is 25.9. The summed E-state index contributed by atoms with van der Waals surface area (Å²) in [6.07, 6.45) is 0.522. The summed E-state index contributed by atoms with van der Waals surface area (Å²) in [5.41, 5.74) is -0.252. The Morgan fingerprint density at radius 1 is 1.22 bits per heavy atom. The summed E-state index contributed by atoms with van der Waals surface area (Å²) in [7, 11) is 0. The summed E-state index contributed by atoms with van der Waals surface area (Å²) in [5.74, 6) is -1.80. The van der Waals surface area contributed by atoms with E-state index in [1.54, 1.807) is 6.92 Å². The third-order valence-electron chi connectivity index (χ3n) is 3.25. The minimum absolute atomic E-state index is 0.228. The number of aliphatic hydroxyl groups is 2. The number of aliphatic hydroxyl groups excluding tert-OH is 2. The van der Waals surface area contributed by atoms with Crippen LogP contribution in [0.3, 0.4) is 0 Å². The fourth-order valence-corrected chi connectivity index (χ4v) is 1.79. The lowest BCUT2D eigenvalue weighted by Gasteiger charge is -2.33. The molecule has 1 aromatic carbocycles. The van der Waals surface area contributed by atoms with Crippen molar-refractivity contribution in [3.05, 3.63) is 35.4 Å². The van der Waals surface area contributed by atoms with Gasteiger partial charge in [0.15, 0.2) is 11.6 Å². The Balaban J connectivity index is 2.86. The van der Waals surface area contributed by atoms with Crippen LogP contribution in [0.15, 0.2) is 18.2 Å². The first-order valence-corrected chi connectivity index (χ1v) is 5.92. The van der Waals surface area contributed by atoms with Crippen LogP contribution in [0.25, 0.3) is 0 Å². The first kappa shape index (κ1) is 15.0. The molecule has 0 amide bonds. The van der Waals surface area contributed by atoms with Gasteiger partial charge in [-0.3, -0.25) is 0 Å². The van der Waals surface area contributed by atoms with Crippen LogP contribution < -0.4 is 5.32 Å². The van der Waals surface area contributed by atoms with Crippen molar-refractivity contribution in [3.8, 4) is 0 Å². The van der Waals surface area contributed by atoms with Crippen molar-refractivity contribution in [1.29, 1.82) is 0 Å². The van der Waals surface area contributed by atoms with Gasteiger partial charge in [0.2, 0.25) is 0 Å². The van der Waals surface area contributed by atoms with Gasteiger partial charge in [0.1, 0.15) is 0 Å². The maximum Gasteiger partial charge on any atom is 0.159 e. The van der Waals surface area contributed by atoms with E-state index in [4.69, 9.17) is 0 Å². The van der Waals surface area contributed by atoms with Crippen molar-refractivity contribution in [1.82, 2.24) is 5.32 Å². The average Bonchev–Trinajstić information content (AvgIpc) is 2.39. The van der Waals surface area contributed by atoms with Gasteiger partial charge in [0.05, 0.1) is 18.8 Å². The van der Waals surface area contributed by atoms with Gasteiger partial charge in [0.25, 0.3) is 0 Å². The van der Waals surface area contributed by atoms with E-state index in [1.165, 1.54) is 6.07 Å². The Labute approximate surface area is 105 Å². The maximum atomic E-state index is 13.1. The van der Waals surface area contributed by atoms with Gasteiger partial charge in [0, 0.05) is 6.04 Å². The minimum atomic E-state index is -0.906. The maximum absolute atomic E-state index is 13.1. The molecule has 0 fully saturated rings. The van der Waals surface area contributed by atoms with Crippen LogP contribution in [-0.2, 0) is 0 Å². The zero-order chi connectivity index (χ0) is 13.8. The SMILES string of the molecule is CCC(CO)(CO)NC(C)c1ccc(F)c(F)c1. The van der Waals surface area contributed by atoms with Gasteiger partial charge in [-0.15, -0.1) is 0 Å². The number of benzene rings is 1. The second-order valence-corrected chi connectivity index (χ2v) is 4.49. The van der Waals surface area contributed by atoms with Gasteiger partial charge < -0.3 is 15.5 Å². The third-order valence-corrected chi connectivity index (χ3v) is 3.25. The largest absolute Gasteiger partial charge is 0.394 e. The lowest BCUT2D eigenvalue weighted by atomic mass is 9.95. The molecule has 0 aliphatic carbocycles. The molecule has 1 atom stereocenters. The Morgan fingerprint density at radius 2 is 1.83 bits per heavy atom. The van der Waals surface area contributed by atoms with E-state index in [1.807, 2.05) is 6.92 Å². The molecule has 5 heteroatoms. The van der Waals surface area contributed by atoms with Crippen molar-refractivity contribution in [2.24, 2.45) is 0 Å². The molecular formula is C13H19F2NO2. The van der Waals surface area contributed by atoms with E-state index in [0.29, 0.717) is 12.0 Å². The third kappa shape index (κ3) is 3.25. The zero-order valence-corrected chi connectivity index (χ0v) is 10.6. The average molecular weight is 259 g/mol. The second-order valence-electron chi connectivity index (χ2n) is 4.49. The molecule has 0 saturated carbocycles. The molecule has 0 spiro atoms. The molecule has 1 rings (SSSR count). The Kier molecular flexibility index (Phi) is 5.19. The molecule has 1 unspecified atom stereocenters. The molecular weight excluding hydrogens is 240 g/mol. The quantitative estimate of drug-likeness (QED) is 0.729. The highest BCUT2D eigenvalue weighted by atomic mass is 19.2. The normalized spacial score (nSPS) is 13.7. The Hall–Kier alpha value is -1.04. The molecule has 18 heavy (non-hydrogen) atoms. The number of rotatable bonds is 6. The first-order valence-electron chi connectivity index (χ1n) is 5.92. The van der Waals surface area contributed by atoms with E-state index in [9.17, 15) is 19.0 Å². The van der Waals surface area contributed by atoms with E-state index >= 15 is 0 Å². The molecule has 3 nitrogen and oxygen atoms in total. The molecule has 0 aliphatic heterocycles. The number of hydrogen-bond donors (Lipinski definition) is 3. The van der Waals surface area contributed by atoms with E-state index < -0.39 is 17.2 Å². The summed E-state index contributed by atoms with van der Waals surface area (Å²) in [6.45, 7) is 3.14. The molecule has 1 aromatic rings. The summed E-state index contributed by atoms with van der Waals surface area (Å²) in [5, 5.41) is 21.7. The predicted octanol–water partition coefficient (Wildman–Crippen LogP) is 1.75. The van der Waals surface area contributed by atoms with Crippen molar-refractivity contribution in [3.63, 3.8) is 0 Å². The number of halogens is 2. The van der Waals surface area contributed by atoms with Crippen LogP contribution >= 0.6 is 0 Å². The van der Waals surface area contributed by atoms with E-state index in [-0.39, 0.29) is 19.3 Å². The molecule has 0 radical (unpaired) electrons. The number of hydrogen-bond acceptors (Lipinski definition) is 3. The highest BCUT2D eigenvalue weighted by molar-refractivity contribution is 5.21. The first-order chi connectivity index (χ1) is 8.48. The molecule has 3 N–H and O–H groups in total. The summed E-state index contributed by atoms with van der Waals surface area (Å²) in [4.78, 5) is 0. The molecule has 0 bridgehead atoms. The van der Waals surface area contributed by atoms with Crippen LogP contribution in [0.4, 0.5) is 8.78 Å². The molecule has 0 aromatic heterocycles. The van der Waals surface area contributed by atoms with Gasteiger partial charge in [-0.1, -0.05) is 13.0 Å². The smallest absolute Gasteiger partial charge is 0.159 e. The van der Waals surface area contributed by atoms with Gasteiger partial charge in [-0.2, -0.15) is 0 Å². The highest BCUT2D eigenvalue weighted by Gasteiger charge is 2.28. The van der Waals surface area contributed by atoms with Crippen molar-refractivity contribution < 1.29 is 19.0 Å². The highest BCUT2D eigenvalue weighted by Crippen LogP contribution is 2.20. The van der Waals surface area contributed by atoms with E-state index in [0.717, 1.165) is 12.1 Å². The predicted molar refractivity (Wildman–Crippen MR) is 65.1 cm³/mol. The molecule has 0 heterocycles. The second kappa shape index (κ2) is 6.22. The Bertz CT molecular complexity index is 386. The van der Waals surface area contributed by atoms with Gasteiger partial charge in [-0.05, 0) is 31.0 Å².